The maximum atomic E-state index is 13.1. The number of ether oxygens (including phenoxy) is 4. The number of benzene rings is 2. The molecule has 33 heavy (non-hydrogen) atoms. The molecule has 4 rings (SSSR count). The number of amides is 1. The van der Waals surface area contributed by atoms with Crippen molar-refractivity contribution in [1.82, 2.24) is 10.2 Å². The van der Waals surface area contributed by atoms with E-state index < -0.39 is 0 Å². The van der Waals surface area contributed by atoms with E-state index in [9.17, 15) is 4.79 Å². The summed E-state index contributed by atoms with van der Waals surface area (Å²) in [5.41, 5.74) is 1.81. The fourth-order valence-corrected chi connectivity index (χ4v) is 5.28. The normalized spacial score (nSPS) is 22.4. The van der Waals surface area contributed by atoms with Crippen molar-refractivity contribution < 1.29 is 23.7 Å². The van der Waals surface area contributed by atoms with Crippen LogP contribution >= 0.6 is 0 Å². The van der Waals surface area contributed by atoms with Crippen molar-refractivity contribution in [2.45, 2.75) is 56.8 Å². The number of piperidine rings is 2. The van der Waals surface area contributed by atoms with Crippen LogP contribution in [0, 0.1) is 0 Å². The summed E-state index contributed by atoms with van der Waals surface area (Å²) in [4.78, 5) is 15.7. The van der Waals surface area contributed by atoms with Crippen LogP contribution < -0.4 is 24.3 Å². The number of carbonyl (C=O) groups excluding carboxylic acids is 1. The Morgan fingerprint density at radius 2 is 1.52 bits per heavy atom. The van der Waals surface area contributed by atoms with Crippen molar-refractivity contribution in [1.29, 1.82) is 0 Å². The van der Waals surface area contributed by atoms with Crippen LogP contribution in [0.25, 0.3) is 0 Å². The third-order valence-corrected chi connectivity index (χ3v) is 6.91. The molecule has 2 heterocycles. The molecule has 1 unspecified atom stereocenters. The molecular formula is C26H34N2O5. The zero-order chi connectivity index (χ0) is 23.4. The van der Waals surface area contributed by atoms with Crippen molar-refractivity contribution in [3.63, 3.8) is 0 Å². The molecular weight excluding hydrogens is 420 g/mol. The van der Waals surface area contributed by atoms with Gasteiger partial charge in [0.05, 0.1) is 28.4 Å². The SMILES string of the molecule is COc1ccc(CN2[C@@H]3CCC[C@H]2CC(NC(=O)c2cc(OC)c(OC)c(OC)c2)C3)cc1. The average molecular weight is 455 g/mol. The minimum Gasteiger partial charge on any atom is -0.497 e. The molecule has 2 saturated heterocycles. The van der Waals surface area contributed by atoms with Gasteiger partial charge in [-0.1, -0.05) is 18.6 Å². The maximum Gasteiger partial charge on any atom is 0.251 e. The van der Waals surface area contributed by atoms with Crippen LogP contribution in [0.1, 0.15) is 48.0 Å². The second-order valence-corrected chi connectivity index (χ2v) is 8.81. The minimum absolute atomic E-state index is 0.110. The van der Waals surface area contributed by atoms with Crippen LogP contribution in [0.4, 0.5) is 0 Å². The summed E-state index contributed by atoms with van der Waals surface area (Å²) in [6.07, 6.45) is 5.51. The van der Waals surface area contributed by atoms with Gasteiger partial charge in [-0.3, -0.25) is 9.69 Å². The number of rotatable bonds is 8. The monoisotopic (exact) mass is 454 g/mol. The molecule has 1 amide bonds. The van der Waals surface area contributed by atoms with E-state index in [1.807, 2.05) is 12.1 Å². The highest BCUT2D eigenvalue weighted by Gasteiger charge is 2.38. The second kappa shape index (κ2) is 10.3. The predicted molar refractivity (Wildman–Crippen MR) is 127 cm³/mol. The molecule has 1 N–H and O–H groups in total. The largest absolute Gasteiger partial charge is 0.497 e. The van der Waals surface area contributed by atoms with Crippen LogP contribution in [-0.4, -0.2) is 57.4 Å². The summed E-state index contributed by atoms with van der Waals surface area (Å²) in [7, 11) is 6.35. The number of carbonyl (C=O) groups is 1. The summed E-state index contributed by atoms with van der Waals surface area (Å²) < 4.78 is 21.5. The van der Waals surface area contributed by atoms with E-state index in [4.69, 9.17) is 18.9 Å². The van der Waals surface area contributed by atoms with Gasteiger partial charge >= 0.3 is 0 Å². The number of nitrogens with zero attached hydrogens (tertiary/aromatic N) is 1. The first-order chi connectivity index (χ1) is 16.1. The van der Waals surface area contributed by atoms with Gasteiger partial charge in [0.15, 0.2) is 11.5 Å². The molecule has 0 spiro atoms. The Hall–Kier alpha value is -2.93. The third-order valence-electron chi connectivity index (χ3n) is 6.91. The van der Waals surface area contributed by atoms with Crippen molar-refractivity contribution in [2.24, 2.45) is 0 Å². The van der Waals surface area contributed by atoms with Gasteiger partial charge in [-0.25, -0.2) is 0 Å². The van der Waals surface area contributed by atoms with Crippen LogP contribution in [0.15, 0.2) is 36.4 Å². The number of hydrogen-bond donors (Lipinski definition) is 1. The minimum atomic E-state index is -0.110. The predicted octanol–water partition coefficient (Wildman–Crippen LogP) is 4.04. The summed E-state index contributed by atoms with van der Waals surface area (Å²) in [6.45, 7) is 0.937. The second-order valence-electron chi connectivity index (χ2n) is 8.81. The van der Waals surface area contributed by atoms with Crippen LogP contribution in [0.5, 0.6) is 23.0 Å². The summed E-state index contributed by atoms with van der Waals surface area (Å²) in [6, 6.07) is 12.9. The van der Waals surface area contributed by atoms with E-state index in [1.165, 1.54) is 24.8 Å². The summed E-state index contributed by atoms with van der Waals surface area (Å²) in [5, 5.41) is 3.27. The first-order valence-corrected chi connectivity index (χ1v) is 11.6. The highest BCUT2D eigenvalue weighted by molar-refractivity contribution is 5.95. The molecule has 3 atom stereocenters. The Bertz CT molecular complexity index is 923. The lowest BCUT2D eigenvalue weighted by atomic mass is 9.81. The van der Waals surface area contributed by atoms with E-state index in [-0.39, 0.29) is 11.9 Å². The number of methoxy groups -OCH3 is 4. The first-order valence-electron chi connectivity index (χ1n) is 11.6. The molecule has 2 aromatic rings. The Balaban J connectivity index is 1.44. The summed E-state index contributed by atoms with van der Waals surface area (Å²) >= 11 is 0. The zero-order valence-corrected chi connectivity index (χ0v) is 19.9. The van der Waals surface area contributed by atoms with E-state index in [2.05, 4.69) is 22.3 Å². The Morgan fingerprint density at radius 3 is 2.03 bits per heavy atom. The molecule has 7 nitrogen and oxygen atoms in total. The van der Waals surface area contributed by atoms with Gasteiger partial charge in [0.1, 0.15) is 5.75 Å². The van der Waals surface area contributed by atoms with E-state index in [0.717, 1.165) is 25.1 Å². The topological polar surface area (TPSA) is 69.3 Å². The average Bonchev–Trinajstić information content (AvgIpc) is 2.83. The highest BCUT2D eigenvalue weighted by Crippen LogP contribution is 2.39. The van der Waals surface area contributed by atoms with Crippen LogP contribution in [0.2, 0.25) is 0 Å². The lowest BCUT2D eigenvalue weighted by molar-refractivity contribution is 0.0177. The lowest BCUT2D eigenvalue weighted by Gasteiger charge is -2.49. The first kappa shape index (κ1) is 23.2. The fourth-order valence-electron chi connectivity index (χ4n) is 5.28. The van der Waals surface area contributed by atoms with E-state index >= 15 is 0 Å². The molecule has 0 saturated carbocycles. The molecule has 0 radical (unpaired) electrons. The molecule has 2 aliphatic heterocycles. The number of nitrogens with one attached hydrogen (secondary N) is 1. The maximum absolute atomic E-state index is 13.1. The van der Waals surface area contributed by atoms with Gasteiger partial charge in [0.25, 0.3) is 5.91 Å². The van der Waals surface area contributed by atoms with Crippen LogP contribution in [0.3, 0.4) is 0 Å². The van der Waals surface area contributed by atoms with E-state index in [1.54, 1.807) is 40.6 Å². The van der Waals surface area contributed by atoms with Crippen molar-refractivity contribution in [2.75, 3.05) is 28.4 Å². The number of fused-ring (bicyclic) bond motifs is 2. The van der Waals surface area contributed by atoms with Gasteiger partial charge in [0, 0.05) is 30.2 Å². The summed E-state index contributed by atoms with van der Waals surface area (Å²) in [5.74, 6) is 2.22. The van der Waals surface area contributed by atoms with E-state index in [0.29, 0.717) is 34.9 Å². The van der Waals surface area contributed by atoms with Crippen molar-refractivity contribution in [3.05, 3.63) is 47.5 Å². The molecule has 2 bridgehead atoms. The number of hydrogen-bond acceptors (Lipinski definition) is 6. The lowest BCUT2D eigenvalue weighted by Crippen LogP contribution is -2.56. The fraction of sp³-hybridized carbons (Fsp3) is 0.500. The highest BCUT2D eigenvalue weighted by atomic mass is 16.5. The standard InChI is InChI=1S/C26H34N2O5/c1-30-22-10-8-17(9-11-22)16-28-20-6-5-7-21(28)15-19(14-20)27-26(29)18-12-23(31-2)25(33-4)24(13-18)32-3/h8-13,19-21H,5-7,14-16H2,1-4H3,(H,27,29)/t19?,20-,21+. The Kier molecular flexibility index (Phi) is 7.28. The molecule has 2 aliphatic rings. The van der Waals surface area contributed by atoms with Gasteiger partial charge < -0.3 is 24.3 Å². The van der Waals surface area contributed by atoms with Crippen molar-refractivity contribution in [3.8, 4) is 23.0 Å². The zero-order valence-electron chi connectivity index (χ0n) is 19.9. The molecule has 7 heteroatoms. The molecule has 2 aromatic carbocycles. The van der Waals surface area contributed by atoms with Gasteiger partial charge in [-0.05, 0) is 55.5 Å². The Labute approximate surface area is 196 Å². The molecule has 178 valence electrons. The molecule has 0 aromatic heterocycles. The molecule has 0 aliphatic carbocycles. The third kappa shape index (κ3) is 5.03. The quantitative estimate of drug-likeness (QED) is 0.649. The van der Waals surface area contributed by atoms with Gasteiger partial charge in [0.2, 0.25) is 5.75 Å². The van der Waals surface area contributed by atoms with Crippen LogP contribution in [-0.2, 0) is 6.54 Å². The van der Waals surface area contributed by atoms with Gasteiger partial charge in [-0.15, -0.1) is 0 Å². The molecule has 2 fully saturated rings. The van der Waals surface area contributed by atoms with Crippen molar-refractivity contribution >= 4 is 5.91 Å². The van der Waals surface area contributed by atoms with Gasteiger partial charge in [-0.2, -0.15) is 0 Å². The smallest absolute Gasteiger partial charge is 0.251 e. The Morgan fingerprint density at radius 1 is 0.909 bits per heavy atom.